The van der Waals surface area contributed by atoms with E-state index in [1.165, 1.54) is 4.90 Å². The monoisotopic (exact) mass is 409 g/mol. The first-order chi connectivity index (χ1) is 12.7. The molecule has 0 saturated heterocycles. The van der Waals surface area contributed by atoms with Crippen LogP contribution in [-0.4, -0.2) is 43.5 Å². The van der Waals surface area contributed by atoms with Gasteiger partial charge in [-0.15, -0.1) is 11.3 Å². The number of nitrogens with zero attached hydrogens (tertiary/aromatic N) is 1. The van der Waals surface area contributed by atoms with Gasteiger partial charge in [-0.05, 0) is 43.7 Å². The van der Waals surface area contributed by atoms with Crippen LogP contribution in [0, 0.1) is 6.92 Å². The number of urea groups is 1. The summed E-state index contributed by atoms with van der Waals surface area (Å²) in [6.45, 7) is 3.52. The molecule has 7 nitrogen and oxygen atoms in total. The largest absolute Gasteiger partial charge is 0.462 e. The second-order valence-electron chi connectivity index (χ2n) is 5.77. The Morgan fingerprint density at radius 3 is 2.33 bits per heavy atom. The molecular weight excluding hydrogens is 390 g/mol. The number of benzene rings is 1. The highest BCUT2D eigenvalue weighted by atomic mass is 35.5. The molecule has 0 aliphatic carbocycles. The van der Waals surface area contributed by atoms with E-state index in [9.17, 15) is 14.4 Å². The number of carbonyl (C=O) groups is 3. The van der Waals surface area contributed by atoms with Gasteiger partial charge in [-0.1, -0.05) is 11.6 Å². The van der Waals surface area contributed by atoms with E-state index in [0.717, 1.165) is 11.3 Å². The number of anilines is 2. The lowest BCUT2D eigenvalue weighted by atomic mass is 10.1. The van der Waals surface area contributed by atoms with Gasteiger partial charge >= 0.3 is 12.0 Å². The molecular formula is C18H20ClN3O4S. The summed E-state index contributed by atoms with van der Waals surface area (Å²) in [5, 5.41) is 6.08. The maximum atomic E-state index is 12.4. The second-order valence-corrected chi connectivity index (χ2v) is 7.22. The lowest BCUT2D eigenvalue weighted by molar-refractivity contribution is 0.0527. The highest BCUT2D eigenvalue weighted by molar-refractivity contribution is 7.18. The Balaban J connectivity index is 2.31. The summed E-state index contributed by atoms with van der Waals surface area (Å²) in [7, 11) is 3.23. The maximum absolute atomic E-state index is 12.4. The zero-order chi connectivity index (χ0) is 20.1. The van der Waals surface area contributed by atoms with Crippen LogP contribution in [0.15, 0.2) is 24.3 Å². The van der Waals surface area contributed by atoms with Crippen molar-refractivity contribution in [3.05, 3.63) is 45.3 Å². The van der Waals surface area contributed by atoms with Crippen LogP contribution in [0.1, 0.15) is 32.5 Å². The van der Waals surface area contributed by atoms with Gasteiger partial charge in [0.2, 0.25) is 0 Å². The number of thiophene rings is 1. The lowest BCUT2D eigenvalue weighted by Crippen LogP contribution is -2.21. The van der Waals surface area contributed by atoms with E-state index in [1.807, 2.05) is 0 Å². The molecule has 0 aliphatic heterocycles. The topological polar surface area (TPSA) is 87.7 Å². The SMILES string of the molecule is CCOC(=O)c1c(NC(=O)Nc2ccc(Cl)cc2)sc(C(=O)N(C)C)c1C. The summed E-state index contributed by atoms with van der Waals surface area (Å²) in [6.07, 6.45) is 0. The number of nitrogens with one attached hydrogen (secondary N) is 2. The van der Waals surface area contributed by atoms with Crippen LogP contribution in [-0.2, 0) is 4.74 Å². The van der Waals surface area contributed by atoms with Gasteiger partial charge < -0.3 is 15.0 Å². The van der Waals surface area contributed by atoms with E-state index < -0.39 is 12.0 Å². The molecule has 1 heterocycles. The molecule has 0 atom stereocenters. The minimum absolute atomic E-state index is 0.179. The number of hydrogen-bond acceptors (Lipinski definition) is 5. The van der Waals surface area contributed by atoms with Gasteiger partial charge in [-0.25, -0.2) is 9.59 Å². The van der Waals surface area contributed by atoms with Crippen LogP contribution in [0.4, 0.5) is 15.5 Å². The predicted octanol–water partition coefficient (Wildman–Crippen LogP) is 4.23. The van der Waals surface area contributed by atoms with Crippen molar-refractivity contribution in [2.24, 2.45) is 0 Å². The molecule has 0 saturated carbocycles. The van der Waals surface area contributed by atoms with Crippen molar-refractivity contribution in [3.63, 3.8) is 0 Å². The van der Waals surface area contributed by atoms with Gasteiger partial charge in [0, 0.05) is 24.8 Å². The normalized spacial score (nSPS) is 10.3. The summed E-state index contributed by atoms with van der Waals surface area (Å²) >= 11 is 6.86. The fourth-order valence-corrected chi connectivity index (χ4v) is 3.59. The third-order valence-corrected chi connectivity index (χ3v) is 5.00. The van der Waals surface area contributed by atoms with Gasteiger partial charge in [-0.3, -0.25) is 10.1 Å². The second kappa shape index (κ2) is 8.88. The summed E-state index contributed by atoms with van der Waals surface area (Å²) < 4.78 is 5.07. The average molecular weight is 410 g/mol. The van der Waals surface area contributed by atoms with Crippen molar-refractivity contribution in [2.45, 2.75) is 13.8 Å². The molecule has 2 rings (SSSR count). The first-order valence-corrected chi connectivity index (χ1v) is 9.29. The molecule has 144 valence electrons. The van der Waals surface area contributed by atoms with Crippen LogP contribution >= 0.6 is 22.9 Å². The predicted molar refractivity (Wildman–Crippen MR) is 107 cm³/mol. The van der Waals surface area contributed by atoms with Crippen LogP contribution in [0.2, 0.25) is 5.02 Å². The van der Waals surface area contributed by atoms with Gasteiger partial charge in [0.25, 0.3) is 5.91 Å². The molecule has 1 aromatic carbocycles. The number of ether oxygens (including phenoxy) is 1. The molecule has 0 radical (unpaired) electrons. The summed E-state index contributed by atoms with van der Waals surface area (Å²) in [5.41, 5.74) is 1.18. The molecule has 0 aliphatic rings. The molecule has 1 aromatic heterocycles. The summed E-state index contributed by atoms with van der Waals surface area (Å²) in [6, 6.07) is 6.03. The number of halogens is 1. The van der Waals surface area contributed by atoms with Crippen LogP contribution in [0.3, 0.4) is 0 Å². The number of amides is 3. The Hall–Kier alpha value is -2.58. The van der Waals surface area contributed by atoms with E-state index in [1.54, 1.807) is 52.2 Å². The van der Waals surface area contributed by atoms with Gasteiger partial charge in [0.1, 0.15) is 5.00 Å². The Labute approximate surface area is 166 Å². The molecule has 0 fully saturated rings. The first kappa shape index (κ1) is 20.7. The third kappa shape index (κ3) is 4.99. The molecule has 0 unspecified atom stereocenters. The number of rotatable bonds is 5. The van der Waals surface area contributed by atoms with E-state index in [0.29, 0.717) is 21.2 Å². The van der Waals surface area contributed by atoms with E-state index in [-0.39, 0.29) is 23.1 Å². The molecule has 3 amide bonds. The highest BCUT2D eigenvalue weighted by Gasteiger charge is 2.27. The van der Waals surface area contributed by atoms with Crippen molar-refractivity contribution in [1.29, 1.82) is 0 Å². The zero-order valence-electron chi connectivity index (χ0n) is 15.4. The molecule has 0 spiro atoms. The molecule has 0 bridgehead atoms. The fourth-order valence-electron chi connectivity index (χ4n) is 2.26. The molecule has 27 heavy (non-hydrogen) atoms. The number of esters is 1. The first-order valence-electron chi connectivity index (χ1n) is 8.10. The highest BCUT2D eigenvalue weighted by Crippen LogP contribution is 2.34. The van der Waals surface area contributed by atoms with Crippen molar-refractivity contribution >= 4 is 51.5 Å². The number of carbonyl (C=O) groups excluding carboxylic acids is 3. The van der Waals surface area contributed by atoms with Crippen molar-refractivity contribution in [3.8, 4) is 0 Å². The van der Waals surface area contributed by atoms with E-state index in [2.05, 4.69) is 10.6 Å². The van der Waals surface area contributed by atoms with Crippen molar-refractivity contribution in [1.82, 2.24) is 4.90 Å². The van der Waals surface area contributed by atoms with Crippen LogP contribution < -0.4 is 10.6 Å². The Bertz CT molecular complexity index is 862. The number of hydrogen-bond donors (Lipinski definition) is 2. The summed E-state index contributed by atoms with van der Waals surface area (Å²) in [4.78, 5) is 38.8. The Morgan fingerprint density at radius 2 is 1.78 bits per heavy atom. The molecule has 2 aromatic rings. The maximum Gasteiger partial charge on any atom is 0.341 e. The fraction of sp³-hybridized carbons (Fsp3) is 0.278. The van der Waals surface area contributed by atoms with Crippen molar-refractivity contribution in [2.75, 3.05) is 31.3 Å². The van der Waals surface area contributed by atoms with E-state index >= 15 is 0 Å². The standard InChI is InChI=1S/C18H20ClN3O4S/c1-5-26-17(24)13-10(2)14(16(23)22(3)4)27-15(13)21-18(25)20-12-8-6-11(19)7-9-12/h6-9H,5H2,1-4H3,(H2,20,21,25). The minimum atomic E-state index is -0.592. The zero-order valence-corrected chi connectivity index (χ0v) is 17.0. The van der Waals surface area contributed by atoms with Crippen LogP contribution in [0.5, 0.6) is 0 Å². The van der Waals surface area contributed by atoms with Gasteiger partial charge in [-0.2, -0.15) is 0 Å². The smallest absolute Gasteiger partial charge is 0.341 e. The Kier molecular flexibility index (Phi) is 6.81. The van der Waals surface area contributed by atoms with Crippen LogP contribution in [0.25, 0.3) is 0 Å². The quantitative estimate of drug-likeness (QED) is 0.723. The van der Waals surface area contributed by atoms with Gasteiger partial charge in [0.15, 0.2) is 0 Å². The van der Waals surface area contributed by atoms with E-state index in [4.69, 9.17) is 16.3 Å². The van der Waals surface area contributed by atoms with Gasteiger partial charge in [0.05, 0.1) is 17.0 Å². The van der Waals surface area contributed by atoms with Crippen molar-refractivity contribution < 1.29 is 19.1 Å². The molecule has 9 heteroatoms. The Morgan fingerprint density at radius 1 is 1.15 bits per heavy atom. The third-order valence-electron chi connectivity index (χ3n) is 3.56. The minimum Gasteiger partial charge on any atom is -0.462 e. The lowest BCUT2D eigenvalue weighted by Gasteiger charge is -2.09. The summed E-state index contributed by atoms with van der Waals surface area (Å²) in [5.74, 6) is -0.847. The molecule has 2 N–H and O–H groups in total. The average Bonchev–Trinajstić information content (AvgIpc) is 2.92.